The molecule has 0 atom stereocenters. The summed E-state index contributed by atoms with van der Waals surface area (Å²) in [5.74, 6) is -1.41. The topological polar surface area (TPSA) is 55.1 Å². The van der Waals surface area contributed by atoms with Crippen molar-refractivity contribution in [2.24, 2.45) is 0 Å². The van der Waals surface area contributed by atoms with E-state index in [2.05, 4.69) is 4.98 Å². The van der Waals surface area contributed by atoms with Crippen molar-refractivity contribution in [3.8, 4) is 5.69 Å². The first-order valence-electron chi connectivity index (χ1n) is 5.54. The van der Waals surface area contributed by atoms with Gasteiger partial charge in [-0.1, -0.05) is 29.4 Å². The number of carbonyl (C=O) groups is 1. The van der Waals surface area contributed by atoms with Gasteiger partial charge < -0.3 is 5.11 Å². The van der Waals surface area contributed by atoms with E-state index in [4.69, 9.17) is 16.7 Å². The van der Waals surface area contributed by atoms with Crippen LogP contribution in [-0.2, 0) is 11.0 Å². The highest BCUT2D eigenvalue weighted by atomic mass is 35.5. The molecule has 1 N–H and O–H groups in total. The van der Waals surface area contributed by atoms with Gasteiger partial charge in [0.05, 0.1) is 22.0 Å². The summed E-state index contributed by atoms with van der Waals surface area (Å²) in [7, 11) is 0. The Morgan fingerprint density at radius 2 is 2.14 bits per heavy atom. The van der Waals surface area contributed by atoms with Gasteiger partial charge in [0.1, 0.15) is 0 Å². The summed E-state index contributed by atoms with van der Waals surface area (Å²) in [4.78, 5) is 14.4. The van der Waals surface area contributed by atoms with E-state index in [0.29, 0.717) is 0 Å². The number of aliphatic carboxylic acids is 1. The molecule has 0 spiro atoms. The molecular weight excluding hydrogens is 329 g/mol. The Morgan fingerprint density at radius 3 is 2.76 bits per heavy atom. The summed E-state index contributed by atoms with van der Waals surface area (Å²) in [6.45, 7) is 0. The molecule has 0 aliphatic heterocycles. The zero-order valence-corrected chi connectivity index (χ0v) is 11.8. The molecule has 0 fully saturated rings. The molecule has 1 heterocycles. The number of carboxylic acids is 1. The fraction of sp³-hybridized carbons (Fsp3) is 0.167. The molecule has 21 heavy (non-hydrogen) atoms. The Kier molecular flexibility index (Phi) is 4.48. The average molecular weight is 337 g/mol. The van der Waals surface area contributed by atoms with E-state index >= 15 is 0 Å². The number of para-hydroxylation sites is 1. The predicted molar refractivity (Wildman–Crippen MR) is 71.9 cm³/mol. The van der Waals surface area contributed by atoms with Crippen LogP contribution in [0.25, 0.3) is 5.69 Å². The zero-order chi connectivity index (χ0) is 15.6. The lowest BCUT2D eigenvalue weighted by Crippen LogP contribution is -2.12. The van der Waals surface area contributed by atoms with Gasteiger partial charge in [-0.3, -0.25) is 9.36 Å². The van der Waals surface area contributed by atoms with Crippen molar-refractivity contribution in [2.75, 3.05) is 5.75 Å². The number of rotatable bonds is 4. The molecule has 0 saturated heterocycles. The van der Waals surface area contributed by atoms with Gasteiger partial charge in [0.25, 0.3) is 0 Å². The van der Waals surface area contributed by atoms with Crippen molar-refractivity contribution in [1.29, 1.82) is 0 Å². The number of aromatic nitrogens is 2. The molecule has 0 radical (unpaired) electrons. The van der Waals surface area contributed by atoms with Crippen molar-refractivity contribution in [3.63, 3.8) is 0 Å². The van der Waals surface area contributed by atoms with Gasteiger partial charge in [-0.05, 0) is 12.1 Å². The number of halogens is 4. The van der Waals surface area contributed by atoms with Gasteiger partial charge in [0.15, 0.2) is 5.16 Å². The van der Waals surface area contributed by atoms with Crippen LogP contribution in [0.5, 0.6) is 0 Å². The van der Waals surface area contributed by atoms with Crippen molar-refractivity contribution < 1.29 is 23.1 Å². The molecule has 0 bridgehead atoms. The molecule has 0 saturated carbocycles. The third-order valence-corrected chi connectivity index (χ3v) is 3.72. The molecule has 112 valence electrons. The fourth-order valence-corrected chi connectivity index (χ4v) is 2.63. The smallest absolute Gasteiger partial charge is 0.418 e. The maximum atomic E-state index is 13.1. The molecule has 1 aromatic heterocycles. The predicted octanol–water partition coefficient (Wildman–Crippen LogP) is 3.72. The van der Waals surface area contributed by atoms with E-state index in [1.165, 1.54) is 24.5 Å². The van der Waals surface area contributed by atoms with Crippen LogP contribution in [0.2, 0.25) is 5.02 Å². The molecule has 9 heteroatoms. The summed E-state index contributed by atoms with van der Waals surface area (Å²) in [6.07, 6.45) is -1.99. The lowest BCUT2D eigenvalue weighted by molar-refractivity contribution is -0.137. The van der Waals surface area contributed by atoms with Crippen molar-refractivity contribution in [3.05, 3.63) is 41.2 Å². The van der Waals surface area contributed by atoms with Crippen molar-refractivity contribution in [1.82, 2.24) is 9.55 Å². The maximum Gasteiger partial charge on any atom is 0.418 e. The summed E-state index contributed by atoms with van der Waals surface area (Å²) in [5, 5.41) is 8.67. The minimum atomic E-state index is -4.58. The third kappa shape index (κ3) is 3.51. The molecule has 2 rings (SSSR count). The minimum Gasteiger partial charge on any atom is -0.481 e. The van der Waals surface area contributed by atoms with Crippen LogP contribution in [0.4, 0.5) is 13.2 Å². The van der Waals surface area contributed by atoms with E-state index in [1.807, 2.05) is 0 Å². The van der Waals surface area contributed by atoms with E-state index in [-0.39, 0.29) is 21.6 Å². The number of alkyl halides is 3. The number of thioether (sulfide) groups is 1. The van der Waals surface area contributed by atoms with Gasteiger partial charge in [-0.25, -0.2) is 4.98 Å². The number of nitrogens with zero attached hydrogens (tertiary/aromatic N) is 2. The summed E-state index contributed by atoms with van der Waals surface area (Å²) in [5.41, 5.74) is -1.18. The average Bonchev–Trinajstić information content (AvgIpc) is 2.83. The number of benzene rings is 1. The first kappa shape index (κ1) is 15.7. The van der Waals surface area contributed by atoms with Crippen LogP contribution in [0.15, 0.2) is 35.7 Å². The van der Waals surface area contributed by atoms with E-state index in [1.54, 1.807) is 0 Å². The van der Waals surface area contributed by atoms with Crippen molar-refractivity contribution in [2.45, 2.75) is 11.3 Å². The monoisotopic (exact) mass is 336 g/mol. The highest BCUT2D eigenvalue weighted by Gasteiger charge is 2.35. The molecule has 0 aliphatic rings. The van der Waals surface area contributed by atoms with Gasteiger partial charge in [-0.15, -0.1) is 0 Å². The van der Waals surface area contributed by atoms with Gasteiger partial charge >= 0.3 is 12.1 Å². The first-order valence-corrected chi connectivity index (χ1v) is 6.91. The van der Waals surface area contributed by atoms with Crippen LogP contribution in [0.1, 0.15) is 5.56 Å². The SMILES string of the molecule is O=C(O)CSc1nccn1-c1c(Cl)cccc1C(F)(F)F. The summed E-state index contributed by atoms with van der Waals surface area (Å²) in [6, 6.07) is 3.44. The largest absolute Gasteiger partial charge is 0.481 e. The number of hydrogen-bond donors (Lipinski definition) is 1. The highest BCUT2D eigenvalue weighted by Crippen LogP contribution is 2.38. The number of hydrogen-bond acceptors (Lipinski definition) is 3. The van der Waals surface area contributed by atoms with Crippen LogP contribution in [0, 0.1) is 0 Å². The van der Waals surface area contributed by atoms with Gasteiger partial charge in [0, 0.05) is 12.4 Å². The molecule has 1 aromatic carbocycles. The van der Waals surface area contributed by atoms with Gasteiger partial charge in [-0.2, -0.15) is 13.2 Å². The minimum absolute atomic E-state index is 0.0972. The Bertz CT molecular complexity index is 673. The molecule has 0 unspecified atom stereocenters. The molecule has 0 aliphatic carbocycles. The molecular formula is C12H8ClF3N2O2S. The second kappa shape index (κ2) is 5.98. The van der Waals surface area contributed by atoms with E-state index < -0.39 is 17.7 Å². The maximum absolute atomic E-state index is 13.1. The number of imidazole rings is 1. The van der Waals surface area contributed by atoms with E-state index in [9.17, 15) is 18.0 Å². The van der Waals surface area contributed by atoms with Crippen LogP contribution in [-0.4, -0.2) is 26.4 Å². The molecule has 0 amide bonds. The second-order valence-corrected chi connectivity index (χ2v) is 5.25. The molecule has 4 nitrogen and oxygen atoms in total. The van der Waals surface area contributed by atoms with Crippen LogP contribution in [0.3, 0.4) is 0 Å². The standard InChI is InChI=1S/C12H8ClF3N2O2S/c13-8-3-1-2-7(12(14,15)16)10(8)18-5-4-17-11(18)21-6-9(19)20/h1-5H,6H2,(H,19,20). The van der Waals surface area contributed by atoms with Crippen molar-refractivity contribution >= 4 is 29.3 Å². The van der Waals surface area contributed by atoms with Crippen LogP contribution >= 0.6 is 23.4 Å². The number of carboxylic acid groups (broad SMARTS) is 1. The third-order valence-electron chi connectivity index (χ3n) is 2.46. The Hall–Kier alpha value is -1.67. The van der Waals surface area contributed by atoms with E-state index in [0.717, 1.165) is 22.4 Å². The lowest BCUT2D eigenvalue weighted by Gasteiger charge is -2.16. The Balaban J connectivity index is 2.53. The Labute approximate surface area is 126 Å². The van der Waals surface area contributed by atoms with Gasteiger partial charge in [0.2, 0.25) is 0 Å². The summed E-state index contributed by atoms with van der Waals surface area (Å²) >= 11 is 6.70. The quantitative estimate of drug-likeness (QED) is 0.865. The molecule has 2 aromatic rings. The summed E-state index contributed by atoms with van der Waals surface area (Å²) < 4.78 is 40.4. The normalized spacial score (nSPS) is 11.6. The Morgan fingerprint density at radius 1 is 1.43 bits per heavy atom. The second-order valence-electron chi connectivity index (χ2n) is 3.90. The van der Waals surface area contributed by atoms with Crippen LogP contribution < -0.4 is 0 Å². The fourth-order valence-electron chi connectivity index (χ4n) is 1.68. The lowest BCUT2D eigenvalue weighted by atomic mass is 10.1. The first-order chi connectivity index (χ1) is 9.80. The zero-order valence-electron chi connectivity index (χ0n) is 10.3. The highest BCUT2D eigenvalue weighted by molar-refractivity contribution is 7.99.